The molecule has 2 rings (SSSR count). The largest absolute Gasteiger partial charge is 0.493 e. The smallest absolute Gasteiger partial charge is 0.408 e. The summed E-state index contributed by atoms with van der Waals surface area (Å²) in [6.07, 6.45) is -0.992. The Hall–Kier alpha value is -3.49. The van der Waals surface area contributed by atoms with Crippen molar-refractivity contribution in [3.63, 3.8) is 0 Å². The van der Waals surface area contributed by atoms with Crippen LogP contribution in [0.1, 0.15) is 39.3 Å². The van der Waals surface area contributed by atoms with Crippen molar-refractivity contribution in [2.75, 3.05) is 20.8 Å². The lowest BCUT2D eigenvalue weighted by Gasteiger charge is -2.26. The van der Waals surface area contributed by atoms with Crippen molar-refractivity contribution in [2.45, 2.75) is 45.9 Å². The highest BCUT2D eigenvalue weighted by Gasteiger charge is 2.28. The number of methoxy groups -OCH3 is 2. The van der Waals surface area contributed by atoms with Crippen LogP contribution in [0.5, 0.6) is 17.2 Å². The van der Waals surface area contributed by atoms with Gasteiger partial charge in [0.15, 0.2) is 11.5 Å². The van der Waals surface area contributed by atoms with Crippen molar-refractivity contribution < 1.29 is 32.9 Å². The van der Waals surface area contributed by atoms with Gasteiger partial charge in [-0.3, -0.25) is 4.79 Å². The SMILES string of the molecule is COc1ccc(C(COc2ccc(F)cc2)NC(=O)C(NC(=O)OC(C)C)C(C)C)cc1OC. The normalized spacial score (nSPS) is 12.6. The predicted molar refractivity (Wildman–Crippen MR) is 126 cm³/mol. The molecular formula is C25H33FN2O6. The molecule has 0 saturated heterocycles. The third kappa shape index (κ3) is 7.83. The van der Waals surface area contributed by atoms with Gasteiger partial charge < -0.3 is 29.6 Å². The van der Waals surface area contributed by atoms with Crippen LogP contribution >= 0.6 is 0 Å². The van der Waals surface area contributed by atoms with Crippen molar-refractivity contribution in [1.29, 1.82) is 0 Å². The number of hydrogen-bond donors (Lipinski definition) is 2. The molecule has 2 aromatic carbocycles. The molecule has 0 spiro atoms. The summed E-state index contributed by atoms with van der Waals surface area (Å²) in [6, 6.07) is 9.39. The first-order chi connectivity index (χ1) is 16.1. The Morgan fingerprint density at radius 2 is 1.56 bits per heavy atom. The van der Waals surface area contributed by atoms with Crippen molar-refractivity contribution in [3.05, 3.63) is 53.8 Å². The second-order valence-corrected chi connectivity index (χ2v) is 8.26. The fraction of sp³-hybridized carbons (Fsp3) is 0.440. The highest BCUT2D eigenvalue weighted by molar-refractivity contribution is 5.86. The zero-order chi connectivity index (χ0) is 25.3. The minimum absolute atomic E-state index is 0.0497. The number of halogens is 1. The monoisotopic (exact) mass is 476 g/mol. The Bertz CT molecular complexity index is 949. The third-order valence-corrected chi connectivity index (χ3v) is 4.92. The first-order valence-electron chi connectivity index (χ1n) is 11.0. The first kappa shape index (κ1) is 26.8. The second-order valence-electron chi connectivity index (χ2n) is 8.26. The van der Waals surface area contributed by atoms with Gasteiger partial charge in [-0.15, -0.1) is 0 Å². The Morgan fingerprint density at radius 3 is 2.12 bits per heavy atom. The summed E-state index contributed by atoms with van der Waals surface area (Å²) in [6.45, 7) is 7.14. The van der Waals surface area contributed by atoms with Gasteiger partial charge in [0.2, 0.25) is 5.91 Å². The van der Waals surface area contributed by atoms with Gasteiger partial charge >= 0.3 is 6.09 Å². The molecule has 0 aliphatic rings. The van der Waals surface area contributed by atoms with Gasteiger partial charge in [0.1, 0.15) is 24.2 Å². The number of alkyl carbamates (subject to hydrolysis) is 1. The minimum Gasteiger partial charge on any atom is -0.493 e. The molecule has 0 aliphatic heterocycles. The summed E-state index contributed by atoms with van der Waals surface area (Å²) in [5, 5.41) is 5.56. The Kier molecular flexibility index (Phi) is 9.97. The number of carbonyl (C=O) groups excluding carboxylic acids is 2. The summed E-state index contributed by atoms with van der Waals surface area (Å²) < 4.78 is 34.9. The van der Waals surface area contributed by atoms with E-state index in [1.165, 1.54) is 38.5 Å². The molecule has 0 fully saturated rings. The maximum absolute atomic E-state index is 13.2. The maximum atomic E-state index is 13.2. The zero-order valence-corrected chi connectivity index (χ0v) is 20.4. The summed E-state index contributed by atoms with van der Waals surface area (Å²) in [7, 11) is 3.05. The highest BCUT2D eigenvalue weighted by atomic mass is 19.1. The molecule has 2 atom stereocenters. The Labute approximate surface area is 199 Å². The van der Waals surface area contributed by atoms with E-state index in [0.29, 0.717) is 22.8 Å². The van der Waals surface area contributed by atoms with Crippen LogP contribution in [0.3, 0.4) is 0 Å². The van der Waals surface area contributed by atoms with Crippen LogP contribution in [-0.2, 0) is 9.53 Å². The Morgan fingerprint density at radius 1 is 0.912 bits per heavy atom. The van der Waals surface area contributed by atoms with E-state index in [2.05, 4.69) is 10.6 Å². The number of amides is 2. The summed E-state index contributed by atoms with van der Waals surface area (Å²) >= 11 is 0. The molecule has 8 nitrogen and oxygen atoms in total. The second kappa shape index (κ2) is 12.7. The molecule has 9 heteroatoms. The summed E-state index contributed by atoms with van der Waals surface area (Å²) in [5.41, 5.74) is 0.695. The molecule has 2 unspecified atom stereocenters. The molecule has 0 aliphatic carbocycles. The van der Waals surface area contributed by atoms with Crippen LogP contribution < -0.4 is 24.8 Å². The molecule has 0 radical (unpaired) electrons. The van der Waals surface area contributed by atoms with Gasteiger partial charge in [0.05, 0.1) is 26.4 Å². The lowest BCUT2D eigenvalue weighted by atomic mass is 10.0. The molecule has 2 N–H and O–H groups in total. The molecule has 0 bridgehead atoms. The van der Waals surface area contributed by atoms with Gasteiger partial charge in [-0.25, -0.2) is 9.18 Å². The number of rotatable bonds is 11. The molecule has 0 aromatic heterocycles. The summed E-state index contributed by atoms with van der Waals surface area (Å²) in [4.78, 5) is 25.3. The van der Waals surface area contributed by atoms with Crippen LogP contribution in [0.15, 0.2) is 42.5 Å². The van der Waals surface area contributed by atoms with Crippen molar-refractivity contribution in [1.82, 2.24) is 10.6 Å². The van der Waals surface area contributed by atoms with Crippen molar-refractivity contribution in [3.8, 4) is 17.2 Å². The van der Waals surface area contributed by atoms with E-state index < -0.39 is 24.1 Å². The third-order valence-electron chi connectivity index (χ3n) is 4.92. The zero-order valence-electron chi connectivity index (χ0n) is 20.4. The fourth-order valence-corrected chi connectivity index (χ4v) is 3.17. The van der Waals surface area contributed by atoms with E-state index in [4.69, 9.17) is 18.9 Å². The first-order valence-corrected chi connectivity index (χ1v) is 11.0. The Balaban J connectivity index is 2.27. The van der Waals surface area contributed by atoms with Gasteiger partial charge in [0, 0.05) is 0 Å². The molecular weight excluding hydrogens is 443 g/mol. The van der Waals surface area contributed by atoms with E-state index >= 15 is 0 Å². The summed E-state index contributed by atoms with van der Waals surface area (Å²) in [5.74, 6) is 0.479. The van der Waals surface area contributed by atoms with Crippen molar-refractivity contribution in [2.24, 2.45) is 5.92 Å². The average Bonchev–Trinajstić information content (AvgIpc) is 2.79. The van der Waals surface area contributed by atoms with Crippen LogP contribution in [-0.4, -0.2) is 45.0 Å². The maximum Gasteiger partial charge on any atom is 0.408 e. The fourth-order valence-electron chi connectivity index (χ4n) is 3.17. The average molecular weight is 477 g/mol. The molecule has 2 amide bonds. The number of carbonyl (C=O) groups is 2. The van der Waals surface area contributed by atoms with Gasteiger partial charge in [-0.1, -0.05) is 19.9 Å². The molecule has 0 heterocycles. The van der Waals surface area contributed by atoms with Gasteiger partial charge in [0.25, 0.3) is 0 Å². The molecule has 34 heavy (non-hydrogen) atoms. The van der Waals surface area contributed by atoms with E-state index in [1.54, 1.807) is 32.0 Å². The van der Waals surface area contributed by atoms with Crippen LogP contribution in [0.2, 0.25) is 0 Å². The van der Waals surface area contributed by atoms with E-state index in [1.807, 2.05) is 13.8 Å². The van der Waals surface area contributed by atoms with Crippen molar-refractivity contribution >= 4 is 12.0 Å². The van der Waals surface area contributed by atoms with Crippen LogP contribution in [0, 0.1) is 11.7 Å². The van der Waals surface area contributed by atoms with Gasteiger partial charge in [-0.05, 0) is 61.7 Å². The van der Waals surface area contributed by atoms with E-state index in [-0.39, 0.29) is 24.4 Å². The number of nitrogens with one attached hydrogen (secondary N) is 2. The topological polar surface area (TPSA) is 95.1 Å². The standard InChI is InChI=1S/C25H33FN2O6/c1-15(2)23(28-25(30)34-16(3)4)24(29)27-20(14-33-19-10-8-18(26)9-11-19)17-7-12-21(31-5)22(13-17)32-6/h7-13,15-16,20,23H,14H2,1-6H3,(H,27,29)(H,28,30). The number of ether oxygens (including phenoxy) is 4. The van der Waals surface area contributed by atoms with E-state index in [9.17, 15) is 14.0 Å². The van der Waals surface area contributed by atoms with Crippen LogP contribution in [0.4, 0.5) is 9.18 Å². The predicted octanol–water partition coefficient (Wildman–Crippen LogP) is 4.24. The molecule has 0 saturated carbocycles. The lowest BCUT2D eigenvalue weighted by molar-refractivity contribution is -0.125. The minimum atomic E-state index is -0.834. The van der Waals surface area contributed by atoms with E-state index in [0.717, 1.165) is 0 Å². The number of benzene rings is 2. The molecule has 2 aromatic rings. The molecule has 186 valence electrons. The van der Waals surface area contributed by atoms with Crippen LogP contribution in [0.25, 0.3) is 0 Å². The highest BCUT2D eigenvalue weighted by Crippen LogP contribution is 2.30. The van der Waals surface area contributed by atoms with Gasteiger partial charge in [-0.2, -0.15) is 0 Å². The number of hydrogen-bond acceptors (Lipinski definition) is 6. The quantitative estimate of drug-likeness (QED) is 0.504. The lowest BCUT2D eigenvalue weighted by Crippen LogP contribution is -2.51.